The number of fused-ring (bicyclic) bond motifs is 1. The van der Waals surface area contributed by atoms with Crippen molar-refractivity contribution in [2.75, 3.05) is 11.9 Å². The summed E-state index contributed by atoms with van der Waals surface area (Å²) in [6.07, 6.45) is 10.5. The SMILES string of the molecule is N#CCC(C1CCCC1)n1cc(-c2ncnc3c2ccn3SF)c(NCC=O)n1. The van der Waals surface area contributed by atoms with Gasteiger partial charge in [0.25, 0.3) is 0 Å². The molecule has 1 atom stereocenters. The maximum absolute atomic E-state index is 13.2. The lowest BCUT2D eigenvalue weighted by Crippen LogP contribution is -2.18. The third-order valence-electron chi connectivity index (χ3n) is 5.45. The third kappa shape index (κ3) is 3.70. The Hall–Kier alpha value is -2.93. The van der Waals surface area contributed by atoms with E-state index in [1.807, 2.05) is 10.9 Å². The number of nitrogens with zero attached hydrogens (tertiary/aromatic N) is 6. The largest absolute Gasteiger partial charge is 0.361 e. The molecule has 3 aromatic rings. The highest BCUT2D eigenvalue weighted by Gasteiger charge is 2.28. The van der Waals surface area contributed by atoms with Gasteiger partial charge in [0.15, 0.2) is 23.8 Å². The summed E-state index contributed by atoms with van der Waals surface area (Å²) in [5, 5.41) is 17.7. The Morgan fingerprint density at radius 1 is 1.41 bits per heavy atom. The zero-order valence-electron chi connectivity index (χ0n) is 15.7. The molecule has 0 aliphatic heterocycles. The standard InChI is InChI=1S/C19H20FN7OS/c20-29-27-9-6-14-17(23-12-24-19(14)27)15-11-26(25-18(15)22-8-10-28)16(5-7-21)13-3-1-2-4-13/h6,9-13,16H,1-5,8H2,(H,22,25). The molecular weight excluding hydrogens is 393 g/mol. The predicted octanol–water partition coefficient (Wildman–Crippen LogP) is 3.93. The van der Waals surface area contributed by atoms with E-state index in [1.165, 1.54) is 10.3 Å². The van der Waals surface area contributed by atoms with Gasteiger partial charge < -0.3 is 10.1 Å². The van der Waals surface area contributed by atoms with Gasteiger partial charge in [0, 0.05) is 17.8 Å². The van der Waals surface area contributed by atoms with E-state index in [0.29, 0.717) is 40.4 Å². The second-order valence-corrected chi connectivity index (χ2v) is 7.59. The average molecular weight is 413 g/mol. The van der Waals surface area contributed by atoms with E-state index in [2.05, 4.69) is 26.5 Å². The van der Waals surface area contributed by atoms with Crippen LogP contribution in [0, 0.1) is 17.2 Å². The molecule has 1 aliphatic rings. The first kappa shape index (κ1) is 19.4. The van der Waals surface area contributed by atoms with E-state index >= 15 is 0 Å². The van der Waals surface area contributed by atoms with Crippen LogP contribution < -0.4 is 5.32 Å². The van der Waals surface area contributed by atoms with Crippen molar-refractivity contribution in [1.82, 2.24) is 23.7 Å². The Balaban J connectivity index is 1.81. The molecule has 4 rings (SSSR count). The normalized spacial score (nSPS) is 15.4. The Morgan fingerprint density at radius 3 is 2.97 bits per heavy atom. The van der Waals surface area contributed by atoms with E-state index < -0.39 is 0 Å². The van der Waals surface area contributed by atoms with E-state index in [4.69, 9.17) is 0 Å². The summed E-state index contributed by atoms with van der Waals surface area (Å²) in [4.78, 5) is 19.5. The summed E-state index contributed by atoms with van der Waals surface area (Å²) < 4.78 is 16.3. The lowest BCUT2D eigenvalue weighted by molar-refractivity contribution is -0.106. The molecule has 29 heavy (non-hydrogen) atoms. The Labute approximate surface area is 171 Å². The van der Waals surface area contributed by atoms with E-state index in [-0.39, 0.29) is 24.9 Å². The van der Waals surface area contributed by atoms with Crippen molar-refractivity contribution in [2.45, 2.75) is 38.1 Å². The fraction of sp³-hybridized carbons (Fsp3) is 0.421. The van der Waals surface area contributed by atoms with Crippen molar-refractivity contribution < 1.29 is 8.68 Å². The molecule has 10 heteroatoms. The summed E-state index contributed by atoms with van der Waals surface area (Å²) in [5.41, 5.74) is 1.76. The van der Waals surface area contributed by atoms with Gasteiger partial charge in [-0.25, -0.2) is 13.9 Å². The fourth-order valence-electron chi connectivity index (χ4n) is 4.11. The highest BCUT2D eigenvalue weighted by molar-refractivity contribution is 7.92. The molecule has 3 aromatic heterocycles. The first-order valence-electron chi connectivity index (χ1n) is 9.52. The monoisotopic (exact) mass is 413 g/mol. The summed E-state index contributed by atoms with van der Waals surface area (Å²) in [6, 6.07) is 4.01. The molecule has 3 heterocycles. The minimum absolute atomic E-state index is 0.0312. The number of anilines is 1. The average Bonchev–Trinajstić information content (AvgIpc) is 3.49. The van der Waals surface area contributed by atoms with Gasteiger partial charge in [-0.15, -0.1) is 3.89 Å². The number of nitriles is 1. The summed E-state index contributed by atoms with van der Waals surface area (Å²) in [7, 11) is 0. The third-order valence-corrected chi connectivity index (χ3v) is 5.89. The van der Waals surface area contributed by atoms with Crippen LogP contribution in [0.1, 0.15) is 38.1 Å². The maximum Gasteiger partial charge on any atom is 0.171 e. The van der Waals surface area contributed by atoms with Gasteiger partial charge in [-0.1, -0.05) is 12.8 Å². The summed E-state index contributed by atoms with van der Waals surface area (Å²) in [6.45, 7) is 0.103. The van der Waals surface area contributed by atoms with Crippen LogP contribution >= 0.6 is 12.3 Å². The molecule has 0 amide bonds. The number of rotatable bonds is 8. The number of nitrogens with one attached hydrogen (secondary N) is 1. The molecule has 1 saturated carbocycles. The van der Waals surface area contributed by atoms with Crippen LogP contribution in [0.2, 0.25) is 0 Å². The highest BCUT2D eigenvalue weighted by Crippen LogP contribution is 2.38. The molecule has 0 spiro atoms. The lowest BCUT2D eigenvalue weighted by atomic mass is 9.96. The van der Waals surface area contributed by atoms with E-state index in [1.54, 1.807) is 12.3 Å². The second kappa shape index (κ2) is 8.61. The topological polar surface area (TPSA) is 101 Å². The van der Waals surface area contributed by atoms with Gasteiger partial charge in [-0.3, -0.25) is 4.68 Å². The number of aldehydes is 1. The zero-order valence-corrected chi connectivity index (χ0v) is 16.5. The van der Waals surface area contributed by atoms with Crippen LogP contribution in [0.4, 0.5) is 9.70 Å². The van der Waals surface area contributed by atoms with Crippen molar-refractivity contribution in [3.05, 3.63) is 24.8 Å². The molecule has 0 bridgehead atoms. The molecular formula is C19H20FN7OS. The van der Waals surface area contributed by atoms with Crippen LogP contribution in [0.5, 0.6) is 0 Å². The van der Waals surface area contributed by atoms with Gasteiger partial charge in [-0.05, 0) is 24.8 Å². The lowest BCUT2D eigenvalue weighted by Gasteiger charge is -2.21. The Morgan fingerprint density at radius 2 is 2.24 bits per heavy atom. The van der Waals surface area contributed by atoms with Gasteiger partial charge in [0.05, 0.1) is 36.3 Å². The molecule has 1 aliphatic carbocycles. The van der Waals surface area contributed by atoms with Crippen molar-refractivity contribution in [1.29, 1.82) is 5.26 Å². The number of hydrogen-bond acceptors (Lipinski definition) is 7. The molecule has 8 nitrogen and oxygen atoms in total. The number of halogens is 1. The Kier molecular flexibility index (Phi) is 5.76. The van der Waals surface area contributed by atoms with Crippen molar-refractivity contribution in [2.24, 2.45) is 5.92 Å². The maximum atomic E-state index is 13.2. The van der Waals surface area contributed by atoms with Crippen LogP contribution in [-0.2, 0) is 4.79 Å². The minimum atomic E-state index is -0.0312. The summed E-state index contributed by atoms with van der Waals surface area (Å²) >= 11 is 0.0680. The first-order valence-corrected chi connectivity index (χ1v) is 10.2. The second-order valence-electron chi connectivity index (χ2n) is 7.06. The van der Waals surface area contributed by atoms with E-state index in [9.17, 15) is 13.9 Å². The van der Waals surface area contributed by atoms with Crippen LogP contribution in [-0.4, -0.2) is 36.6 Å². The van der Waals surface area contributed by atoms with Gasteiger partial charge >= 0.3 is 0 Å². The first-order chi connectivity index (χ1) is 14.3. The smallest absolute Gasteiger partial charge is 0.171 e. The van der Waals surface area contributed by atoms with Crippen LogP contribution in [0.25, 0.3) is 22.3 Å². The van der Waals surface area contributed by atoms with Crippen molar-refractivity contribution in [3.63, 3.8) is 0 Å². The molecule has 0 radical (unpaired) electrons. The van der Waals surface area contributed by atoms with Gasteiger partial charge in [0.1, 0.15) is 12.6 Å². The molecule has 150 valence electrons. The van der Waals surface area contributed by atoms with Crippen LogP contribution in [0.15, 0.2) is 24.8 Å². The minimum Gasteiger partial charge on any atom is -0.361 e. The number of carbonyl (C=O) groups excluding carboxylic acids is 1. The fourth-order valence-corrected chi connectivity index (χ4v) is 4.43. The predicted molar refractivity (Wildman–Crippen MR) is 109 cm³/mol. The van der Waals surface area contributed by atoms with Crippen molar-refractivity contribution in [3.8, 4) is 17.3 Å². The quantitative estimate of drug-likeness (QED) is 0.558. The molecule has 0 aromatic carbocycles. The van der Waals surface area contributed by atoms with Crippen LogP contribution in [0.3, 0.4) is 0 Å². The highest BCUT2D eigenvalue weighted by atomic mass is 32.2. The van der Waals surface area contributed by atoms with Gasteiger partial charge in [-0.2, -0.15) is 10.4 Å². The molecule has 0 saturated heterocycles. The van der Waals surface area contributed by atoms with Gasteiger partial charge in [0.2, 0.25) is 0 Å². The number of carbonyl (C=O) groups is 1. The summed E-state index contributed by atoms with van der Waals surface area (Å²) in [5.74, 6) is 0.912. The van der Waals surface area contributed by atoms with E-state index in [0.717, 1.165) is 32.0 Å². The number of hydrogen-bond donors (Lipinski definition) is 1. The molecule has 1 N–H and O–H groups in total. The number of aromatic nitrogens is 5. The molecule has 1 fully saturated rings. The molecule has 1 unspecified atom stereocenters. The van der Waals surface area contributed by atoms with Crippen molar-refractivity contribution >= 4 is 35.5 Å². The Bertz CT molecular complexity index is 1050. The zero-order chi connectivity index (χ0) is 20.2.